The summed E-state index contributed by atoms with van der Waals surface area (Å²) in [5.74, 6) is 0. The van der Waals surface area contributed by atoms with E-state index in [1.807, 2.05) is 18.2 Å². The van der Waals surface area contributed by atoms with Crippen molar-refractivity contribution in [2.75, 3.05) is 13.7 Å². The number of aliphatic hydroxyl groups is 1. The van der Waals surface area contributed by atoms with E-state index in [0.29, 0.717) is 25.3 Å². The number of fused-ring (bicyclic) bond motifs is 2. The number of ether oxygens (including phenoxy) is 1. The molecule has 2 aliphatic heterocycles. The lowest BCUT2D eigenvalue weighted by Crippen LogP contribution is -2.51. The molecule has 0 radical (unpaired) electrons. The van der Waals surface area contributed by atoms with Crippen LogP contribution in [-0.4, -0.2) is 46.3 Å². The Morgan fingerprint density at radius 1 is 1.37 bits per heavy atom. The molecule has 1 aromatic rings. The molecule has 0 amide bonds. The number of hydrogen-bond donors (Lipinski definition) is 1. The average molecular weight is 262 g/mol. The van der Waals surface area contributed by atoms with Gasteiger partial charge in [0.2, 0.25) is 0 Å². The van der Waals surface area contributed by atoms with Gasteiger partial charge in [-0.05, 0) is 44.9 Å². The first kappa shape index (κ1) is 13.0. The van der Waals surface area contributed by atoms with Crippen LogP contribution in [0.4, 0.5) is 0 Å². The summed E-state index contributed by atoms with van der Waals surface area (Å²) in [4.78, 5) is 6.65. The van der Waals surface area contributed by atoms with Crippen LogP contribution < -0.4 is 0 Å². The summed E-state index contributed by atoms with van der Waals surface area (Å²) in [6.07, 6.45) is 5.86. The van der Waals surface area contributed by atoms with Crippen molar-refractivity contribution < 1.29 is 9.84 Å². The number of nitrogens with zero attached hydrogens (tertiary/aromatic N) is 2. The van der Waals surface area contributed by atoms with Crippen LogP contribution in [0.25, 0.3) is 0 Å². The second kappa shape index (κ2) is 5.19. The molecule has 1 N–H and O–H groups in total. The molecule has 2 fully saturated rings. The summed E-state index contributed by atoms with van der Waals surface area (Å²) < 4.78 is 5.69. The third kappa shape index (κ3) is 2.81. The van der Waals surface area contributed by atoms with E-state index in [9.17, 15) is 5.11 Å². The first-order valence-corrected chi connectivity index (χ1v) is 7.08. The number of rotatable bonds is 4. The maximum Gasteiger partial charge on any atom is 0.0910 e. The number of aromatic nitrogens is 1. The standard InChI is InChI=1S/C15H22N2O2/c1-17-13-5-6-14(17)9-15(18,8-13)11-19-10-12-4-2-3-7-16-12/h2-4,7,13-14,18H,5-6,8-11H2,1H3/t13-,14?,15+/m1/s1. The fraction of sp³-hybridized carbons (Fsp3) is 0.667. The molecule has 2 aliphatic rings. The summed E-state index contributed by atoms with van der Waals surface area (Å²) in [6.45, 7) is 0.902. The summed E-state index contributed by atoms with van der Waals surface area (Å²) in [7, 11) is 2.18. The van der Waals surface area contributed by atoms with E-state index in [0.717, 1.165) is 18.5 Å². The fourth-order valence-electron chi connectivity index (χ4n) is 3.49. The van der Waals surface area contributed by atoms with Gasteiger partial charge in [0.1, 0.15) is 0 Å². The van der Waals surface area contributed by atoms with E-state index in [2.05, 4.69) is 16.9 Å². The van der Waals surface area contributed by atoms with E-state index in [-0.39, 0.29) is 0 Å². The molecule has 1 unspecified atom stereocenters. The maximum atomic E-state index is 10.7. The van der Waals surface area contributed by atoms with Crippen LogP contribution in [0.5, 0.6) is 0 Å². The Morgan fingerprint density at radius 2 is 2.11 bits per heavy atom. The number of pyridine rings is 1. The van der Waals surface area contributed by atoms with Crippen LogP contribution >= 0.6 is 0 Å². The lowest BCUT2D eigenvalue weighted by molar-refractivity contribution is -0.100. The molecule has 0 aliphatic carbocycles. The van der Waals surface area contributed by atoms with Gasteiger partial charge in [-0.25, -0.2) is 0 Å². The SMILES string of the molecule is CN1C2CC[C@@H]1C[C@@](O)(COCc1ccccn1)C2. The number of piperidine rings is 1. The van der Waals surface area contributed by atoms with Crippen molar-refractivity contribution in [2.45, 2.75) is 50.0 Å². The Balaban J connectivity index is 1.53. The van der Waals surface area contributed by atoms with Crippen molar-refractivity contribution in [3.63, 3.8) is 0 Å². The van der Waals surface area contributed by atoms with Gasteiger partial charge in [-0.3, -0.25) is 4.98 Å². The molecule has 3 atom stereocenters. The second-order valence-corrected chi connectivity index (χ2v) is 6.00. The molecule has 4 heteroatoms. The third-order valence-electron chi connectivity index (χ3n) is 4.56. The Hall–Kier alpha value is -0.970. The van der Waals surface area contributed by atoms with Crippen molar-refractivity contribution >= 4 is 0 Å². The van der Waals surface area contributed by atoms with Gasteiger partial charge in [0.15, 0.2) is 0 Å². The predicted octanol–water partition coefficient (Wildman–Crippen LogP) is 1.59. The molecule has 4 nitrogen and oxygen atoms in total. The summed E-state index contributed by atoms with van der Waals surface area (Å²) in [5, 5.41) is 10.7. The minimum atomic E-state index is -0.646. The molecular formula is C15H22N2O2. The minimum Gasteiger partial charge on any atom is -0.387 e. The molecule has 2 saturated heterocycles. The quantitative estimate of drug-likeness (QED) is 0.895. The van der Waals surface area contributed by atoms with Crippen molar-refractivity contribution in [3.8, 4) is 0 Å². The van der Waals surface area contributed by atoms with E-state index in [1.54, 1.807) is 6.20 Å². The van der Waals surface area contributed by atoms with Gasteiger partial charge in [-0.15, -0.1) is 0 Å². The Labute approximate surface area is 114 Å². The predicted molar refractivity (Wildman–Crippen MR) is 72.6 cm³/mol. The lowest BCUT2D eigenvalue weighted by atomic mass is 9.87. The molecule has 3 heterocycles. The Kier molecular flexibility index (Phi) is 3.56. The fourth-order valence-corrected chi connectivity index (χ4v) is 3.49. The van der Waals surface area contributed by atoms with Crippen LogP contribution in [0.1, 0.15) is 31.4 Å². The maximum absolute atomic E-state index is 10.7. The molecule has 0 aromatic carbocycles. The zero-order valence-corrected chi connectivity index (χ0v) is 11.5. The van der Waals surface area contributed by atoms with E-state index in [1.165, 1.54) is 12.8 Å². The van der Waals surface area contributed by atoms with Crippen molar-refractivity contribution in [3.05, 3.63) is 30.1 Å². The molecule has 0 saturated carbocycles. The van der Waals surface area contributed by atoms with Crippen LogP contribution in [0.3, 0.4) is 0 Å². The second-order valence-electron chi connectivity index (χ2n) is 6.00. The monoisotopic (exact) mass is 262 g/mol. The summed E-state index contributed by atoms with van der Waals surface area (Å²) in [5.41, 5.74) is 0.273. The van der Waals surface area contributed by atoms with E-state index >= 15 is 0 Å². The summed E-state index contributed by atoms with van der Waals surface area (Å²) >= 11 is 0. The molecule has 1 aromatic heterocycles. The average Bonchev–Trinajstić information content (AvgIpc) is 2.63. The van der Waals surface area contributed by atoms with Gasteiger partial charge in [0.05, 0.1) is 24.5 Å². The minimum absolute atomic E-state index is 0.421. The highest BCUT2D eigenvalue weighted by Crippen LogP contribution is 2.39. The first-order chi connectivity index (χ1) is 9.16. The Bertz CT molecular complexity index is 409. The van der Waals surface area contributed by atoms with Crippen LogP contribution in [0, 0.1) is 0 Å². The van der Waals surface area contributed by atoms with Gasteiger partial charge in [0.25, 0.3) is 0 Å². The first-order valence-electron chi connectivity index (χ1n) is 7.08. The topological polar surface area (TPSA) is 45.6 Å². The molecule has 104 valence electrons. The Morgan fingerprint density at radius 3 is 2.74 bits per heavy atom. The largest absolute Gasteiger partial charge is 0.387 e. The van der Waals surface area contributed by atoms with Crippen LogP contribution in [-0.2, 0) is 11.3 Å². The van der Waals surface area contributed by atoms with Gasteiger partial charge in [-0.2, -0.15) is 0 Å². The molecule has 3 rings (SSSR count). The highest BCUT2D eigenvalue weighted by Gasteiger charge is 2.45. The molecule has 0 spiro atoms. The van der Waals surface area contributed by atoms with Gasteiger partial charge in [-0.1, -0.05) is 6.07 Å². The van der Waals surface area contributed by atoms with E-state index in [4.69, 9.17) is 4.74 Å². The van der Waals surface area contributed by atoms with Gasteiger partial charge >= 0.3 is 0 Å². The zero-order chi connectivity index (χ0) is 13.3. The van der Waals surface area contributed by atoms with Crippen molar-refractivity contribution in [1.29, 1.82) is 0 Å². The van der Waals surface area contributed by atoms with Crippen molar-refractivity contribution in [1.82, 2.24) is 9.88 Å². The molecular weight excluding hydrogens is 240 g/mol. The highest BCUT2D eigenvalue weighted by molar-refractivity contribution is 5.03. The highest BCUT2D eigenvalue weighted by atomic mass is 16.5. The van der Waals surface area contributed by atoms with Crippen LogP contribution in [0.15, 0.2) is 24.4 Å². The zero-order valence-electron chi connectivity index (χ0n) is 11.5. The normalized spacial score (nSPS) is 34.6. The summed E-state index contributed by atoms with van der Waals surface area (Å²) in [6, 6.07) is 6.86. The lowest BCUT2D eigenvalue weighted by Gasteiger charge is -2.41. The van der Waals surface area contributed by atoms with Crippen molar-refractivity contribution in [2.24, 2.45) is 0 Å². The third-order valence-corrected chi connectivity index (χ3v) is 4.56. The molecule has 19 heavy (non-hydrogen) atoms. The molecule has 2 bridgehead atoms. The number of hydrogen-bond acceptors (Lipinski definition) is 4. The smallest absolute Gasteiger partial charge is 0.0910 e. The van der Waals surface area contributed by atoms with Gasteiger partial charge in [0, 0.05) is 18.3 Å². The van der Waals surface area contributed by atoms with E-state index < -0.39 is 5.60 Å². The van der Waals surface area contributed by atoms with Crippen LogP contribution in [0.2, 0.25) is 0 Å². The van der Waals surface area contributed by atoms with Gasteiger partial charge < -0.3 is 14.7 Å².